The number of nitro groups is 2. The molecule has 8 heteroatoms. The van der Waals surface area contributed by atoms with Gasteiger partial charge in [-0.05, 0) is 0 Å². The van der Waals surface area contributed by atoms with E-state index in [9.17, 15) is 25.0 Å². The molecule has 8 nitrogen and oxygen atoms in total. The number of carbonyl (C=O) groups excluding carboxylic acids is 1. The van der Waals surface area contributed by atoms with Crippen LogP contribution in [0.2, 0.25) is 0 Å². The summed E-state index contributed by atoms with van der Waals surface area (Å²) in [5, 5.41) is 21.0. The average Bonchev–Trinajstić information content (AvgIpc) is 2.27. The minimum atomic E-state index is -0.755. The number of rotatable bonds is 4. The van der Waals surface area contributed by atoms with Crippen molar-refractivity contribution < 1.29 is 14.6 Å². The first-order valence-corrected chi connectivity index (χ1v) is 4.07. The molecule has 84 valence electrons. The molecule has 0 aliphatic heterocycles. The molecule has 0 N–H and O–H groups in total. The van der Waals surface area contributed by atoms with Crippen LogP contribution in [0, 0.1) is 20.2 Å². The lowest BCUT2D eigenvalue weighted by molar-refractivity contribution is -0.394. The minimum absolute atomic E-state index is 0.0934. The van der Waals surface area contributed by atoms with Gasteiger partial charge in [0, 0.05) is 19.2 Å². The molecule has 0 aliphatic carbocycles. The Morgan fingerprint density at radius 3 is 1.88 bits per heavy atom. The Bertz CT molecular complexity index is 427. The number of nitrogens with zero attached hydrogens (tertiary/aromatic N) is 3. The minimum Gasteiger partial charge on any atom is -0.318 e. The molecule has 1 rings (SSSR count). The third-order valence-electron chi connectivity index (χ3n) is 1.87. The molecule has 0 fully saturated rings. The summed E-state index contributed by atoms with van der Waals surface area (Å²) in [7, 11) is 1.34. The maximum Gasteiger partial charge on any atom is 0.278 e. The van der Waals surface area contributed by atoms with Gasteiger partial charge in [0.1, 0.15) is 0 Å². The lowest BCUT2D eigenvalue weighted by atomic mass is 10.2. The van der Waals surface area contributed by atoms with Crippen molar-refractivity contribution in [2.45, 2.75) is 0 Å². The van der Waals surface area contributed by atoms with Gasteiger partial charge in [-0.1, -0.05) is 0 Å². The van der Waals surface area contributed by atoms with E-state index in [0.29, 0.717) is 6.41 Å². The molecule has 1 aromatic carbocycles. The molecule has 0 aliphatic rings. The third kappa shape index (κ3) is 2.29. The zero-order valence-corrected chi connectivity index (χ0v) is 8.19. The van der Waals surface area contributed by atoms with Crippen LogP contribution < -0.4 is 4.90 Å². The molecule has 0 heterocycles. The summed E-state index contributed by atoms with van der Waals surface area (Å²) < 4.78 is 0. The molecule has 16 heavy (non-hydrogen) atoms. The Hall–Kier alpha value is -2.51. The van der Waals surface area contributed by atoms with Gasteiger partial charge in [-0.2, -0.15) is 0 Å². The quantitative estimate of drug-likeness (QED) is 0.433. The van der Waals surface area contributed by atoms with Gasteiger partial charge >= 0.3 is 0 Å². The van der Waals surface area contributed by atoms with Gasteiger partial charge in [-0.25, -0.2) is 0 Å². The topological polar surface area (TPSA) is 107 Å². The SMILES string of the molecule is CN(C=O)c1cc([N+](=O)[O-])cc([N+](=O)[O-])c1. The molecule has 1 aromatic rings. The van der Waals surface area contributed by atoms with Gasteiger partial charge in [0.2, 0.25) is 6.41 Å². The molecular weight excluding hydrogens is 218 g/mol. The van der Waals surface area contributed by atoms with Crippen molar-refractivity contribution in [2.24, 2.45) is 0 Å². The molecule has 0 aromatic heterocycles. The van der Waals surface area contributed by atoms with Crippen LogP contribution in [0.4, 0.5) is 17.1 Å². The van der Waals surface area contributed by atoms with E-state index in [1.54, 1.807) is 0 Å². The lowest BCUT2D eigenvalue weighted by Gasteiger charge is -2.09. The highest BCUT2D eigenvalue weighted by molar-refractivity contribution is 5.76. The molecule has 0 atom stereocenters. The number of carbonyl (C=O) groups is 1. The van der Waals surface area contributed by atoms with Crippen LogP contribution in [0.15, 0.2) is 18.2 Å². The Balaban J connectivity index is 3.34. The van der Waals surface area contributed by atoms with Crippen LogP contribution in [0.5, 0.6) is 0 Å². The van der Waals surface area contributed by atoms with E-state index in [-0.39, 0.29) is 5.69 Å². The number of hydrogen-bond acceptors (Lipinski definition) is 5. The highest BCUT2D eigenvalue weighted by atomic mass is 16.6. The monoisotopic (exact) mass is 225 g/mol. The zero-order valence-electron chi connectivity index (χ0n) is 8.19. The van der Waals surface area contributed by atoms with Crippen LogP contribution in [0.1, 0.15) is 0 Å². The van der Waals surface area contributed by atoms with Crippen molar-refractivity contribution in [3.05, 3.63) is 38.4 Å². The van der Waals surface area contributed by atoms with Crippen molar-refractivity contribution in [2.75, 3.05) is 11.9 Å². The van der Waals surface area contributed by atoms with Crippen molar-refractivity contribution in [1.29, 1.82) is 0 Å². The van der Waals surface area contributed by atoms with Crippen LogP contribution in [0.3, 0.4) is 0 Å². The Kier molecular flexibility index (Phi) is 3.14. The van der Waals surface area contributed by atoms with Crippen molar-refractivity contribution >= 4 is 23.5 Å². The van der Waals surface area contributed by atoms with Crippen LogP contribution in [-0.2, 0) is 4.79 Å². The van der Waals surface area contributed by atoms with Gasteiger partial charge in [-0.3, -0.25) is 25.0 Å². The molecule has 0 unspecified atom stereocenters. The van der Waals surface area contributed by atoms with E-state index in [4.69, 9.17) is 0 Å². The molecule has 0 saturated heterocycles. The fourth-order valence-corrected chi connectivity index (χ4v) is 1.05. The van der Waals surface area contributed by atoms with Crippen molar-refractivity contribution in [3.8, 4) is 0 Å². The Morgan fingerprint density at radius 1 is 1.12 bits per heavy atom. The fraction of sp³-hybridized carbons (Fsp3) is 0.125. The van der Waals surface area contributed by atoms with Gasteiger partial charge in [-0.15, -0.1) is 0 Å². The molecule has 0 spiro atoms. The Morgan fingerprint density at radius 2 is 1.56 bits per heavy atom. The molecule has 0 radical (unpaired) electrons. The maximum absolute atomic E-state index is 10.5. The molecule has 1 amide bonds. The standard InChI is InChI=1S/C8H7N3O5/c1-9(5-12)6-2-7(10(13)14)4-8(3-6)11(15)16/h2-5H,1H3. The third-order valence-corrected chi connectivity index (χ3v) is 1.87. The van der Waals surface area contributed by atoms with Gasteiger partial charge in [0.05, 0.1) is 21.6 Å². The molecule has 0 saturated carbocycles. The van der Waals surface area contributed by atoms with E-state index < -0.39 is 21.2 Å². The first-order valence-electron chi connectivity index (χ1n) is 4.07. The highest BCUT2D eigenvalue weighted by Crippen LogP contribution is 2.27. The molecular formula is C8H7N3O5. The van der Waals surface area contributed by atoms with Crippen molar-refractivity contribution in [1.82, 2.24) is 0 Å². The first-order chi connectivity index (χ1) is 7.45. The van der Waals surface area contributed by atoms with E-state index in [1.807, 2.05) is 0 Å². The summed E-state index contributed by atoms with van der Waals surface area (Å²) in [6, 6.07) is 3.00. The summed E-state index contributed by atoms with van der Waals surface area (Å²) in [6.45, 7) is 0. The van der Waals surface area contributed by atoms with Gasteiger partial charge < -0.3 is 4.90 Å². The lowest BCUT2D eigenvalue weighted by Crippen LogP contribution is -2.14. The second-order valence-corrected chi connectivity index (χ2v) is 2.94. The first kappa shape index (κ1) is 11.6. The smallest absolute Gasteiger partial charge is 0.278 e. The van der Waals surface area contributed by atoms with E-state index in [1.165, 1.54) is 7.05 Å². The van der Waals surface area contributed by atoms with Crippen LogP contribution in [0.25, 0.3) is 0 Å². The largest absolute Gasteiger partial charge is 0.318 e. The van der Waals surface area contributed by atoms with Gasteiger partial charge in [0.25, 0.3) is 11.4 Å². The predicted octanol–water partition coefficient (Wildman–Crippen LogP) is 1.10. The second-order valence-electron chi connectivity index (χ2n) is 2.94. The van der Waals surface area contributed by atoms with Crippen molar-refractivity contribution in [3.63, 3.8) is 0 Å². The number of benzene rings is 1. The number of nitro benzene ring substituents is 2. The summed E-state index contributed by atoms with van der Waals surface area (Å²) in [4.78, 5) is 31.0. The number of amides is 1. The normalized spacial score (nSPS) is 9.56. The summed E-state index contributed by atoms with van der Waals surface area (Å²) in [6.07, 6.45) is 0.406. The summed E-state index contributed by atoms with van der Waals surface area (Å²) in [5.74, 6) is 0. The number of non-ortho nitro benzene ring substituents is 2. The van der Waals surface area contributed by atoms with E-state index >= 15 is 0 Å². The van der Waals surface area contributed by atoms with Crippen LogP contribution in [-0.4, -0.2) is 23.3 Å². The second kappa shape index (κ2) is 4.34. The van der Waals surface area contributed by atoms with E-state index in [0.717, 1.165) is 23.1 Å². The Labute approximate surface area is 89.4 Å². The number of anilines is 1. The van der Waals surface area contributed by atoms with Gasteiger partial charge in [0.15, 0.2) is 0 Å². The predicted molar refractivity (Wildman–Crippen MR) is 54.2 cm³/mol. The van der Waals surface area contributed by atoms with Crippen LogP contribution >= 0.6 is 0 Å². The number of hydrogen-bond donors (Lipinski definition) is 0. The summed E-state index contributed by atoms with van der Waals surface area (Å²) in [5.41, 5.74) is -0.772. The summed E-state index contributed by atoms with van der Waals surface area (Å²) >= 11 is 0. The zero-order chi connectivity index (χ0) is 12.3. The van der Waals surface area contributed by atoms with E-state index in [2.05, 4.69) is 0 Å². The average molecular weight is 225 g/mol. The molecule has 0 bridgehead atoms. The highest BCUT2D eigenvalue weighted by Gasteiger charge is 2.17. The maximum atomic E-state index is 10.5. The fourth-order valence-electron chi connectivity index (χ4n) is 1.05.